The number of nitrogens with zero attached hydrogens (tertiary/aromatic N) is 4. The van der Waals surface area contributed by atoms with Crippen LogP contribution in [0.25, 0.3) is 4.95 Å². The van der Waals surface area contributed by atoms with Crippen LogP contribution < -0.4 is 15.1 Å². The van der Waals surface area contributed by atoms with Crippen molar-refractivity contribution in [1.29, 1.82) is 0 Å². The first kappa shape index (κ1) is 18.2. The molecule has 138 valence electrons. The van der Waals surface area contributed by atoms with Crippen LogP contribution in [0.2, 0.25) is 0 Å². The molecule has 0 aliphatic carbocycles. The number of piperazine rings is 1. The van der Waals surface area contributed by atoms with Crippen molar-refractivity contribution in [2.45, 2.75) is 13.0 Å². The molecule has 0 unspecified atom stereocenters. The molecule has 0 spiro atoms. The lowest BCUT2D eigenvalue weighted by Gasteiger charge is -2.31. The van der Waals surface area contributed by atoms with Gasteiger partial charge in [-0.25, -0.2) is 9.18 Å². The molecule has 0 aromatic heterocycles. The fourth-order valence-corrected chi connectivity index (χ4v) is 3.14. The van der Waals surface area contributed by atoms with Crippen molar-refractivity contribution >= 4 is 34.7 Å². The number of hydrogen-bond donors (Lipinski definition) is 1. The Labute approximate surface area is 157 Å². The zero-order valence-electron chi connectivity index (χ0n) is 14.4. The Morgan fingerprint density at radius 3 is 2.77 bits per heavy atom. The zero-order valence-corrected chi connectivity index (χ0v) is 15.3. The van der Waals surface area contributed by atoms with Crippen LogP contribution in [0.5, 0.6) is 0 Å². The maximum atomic E-state index is 14.6. The fraction of sp³-hybridized carbons (Fsp3) is 0.471. The topological polar surface area (TPSA) is 52.4 Å². The largest absolute Gasteiger partial charge is 0.442 e. The second kappa shape index (κ2) is 7.74. The summed E-state index contributed by atoms with van der Waals surface area (Å²) in [4.78, 5) is 19.4. The SMILES string of the molecule is [C-]#[N+]N1CCN(c2ccc(N3C[C@H](CNC(C)=S)OC3=O)cc2F)CC1. The van der Waals surface area contributed by atoms with E-state index in [9.17, 15) is 9.18 Å². The van der Waals surface area contributed by atoms with Gasteiger partial charge >= 0.3 is 6.09 Å². The Morgan fingerprint density at radius 1 is 1.42 bits per heavy atom. The Balaban J connectivity index is 1.67. The summed E-state index contributed by atoms with van der Waals surface area (Å²) in [5.74, 6) is -0.386. The van der Waals surface area contributed by atoms with Crippen molar-refractivity contribution in [3.8, 4) is 0 Å². The molecule has 1 amide bonds. The Morgan fingerprint density at radius 2 is 2.15 bits per heavy atom. The minimum Gasteiger partial charge on any atom is -0.442 e. The van der Waals surface area contributed by atoms with Crippen LogP contribution in [-0.4, -0.2) is 61.5 Å². The number of anilines is 2. The first-order valence-electron chi connectivity index (χ1n) is 8.37. The summed E-state index contributed by atoms with van der Waals surface area (Å²) in [6.45, 7) is 11.9. The van der Waals surface area contributed by atoms with Gasteiger partial charge in [-0.1, -0.05) is 12.2 Å². The van der Waals surface area contributed by atoms with Gasteiger partial charge in [0.25, 0.3) is 0 Å². The first-order chi connectivity index (χ1) is 12.5. The van der Waals surface area contributed by atoms with E-state index in [1.54, 1.807) is 24.1 Å². The molecule has 2 aliphatic rings. The van der Waals surface area contributed by atoms with Crippen molar-refractivity contribution in [3.05, 3.63) is 35.5 Å². The van der Waals surface area contributed by atoms with Gasteiger partial charge in [0, 0.05) is 13.1 Å². The average molecular weight is 377 g/mol. The van der Waals surface area contributed by atoms with Crippen molar-refractivity contribution in [3.63, 3.8) is 0 Å². The van der Waals surface area contributed by atoms with Crippen LogP contribution in [0.15, 0.2) is 18.2 Å². The van der Waals surface area contributed by atoms with E-state index in [1.807, 2.05) is 4.90 Å². The Hall–Kier alpha value is -2.60. The summed E-state index contributed by atoms with van der Waals surface area (Å²) < 4.78 is 19.9. The highest BCUT2D eigenvalue weighted by atomic mass is 32.1. The molecule has 1 atom stereocenters. The zero-order chi connectivity index (χ0) is 18.7. The van der Waals surface area contributed by atoms with Gasteiger partial charge in [0.15, 0.2) is 0 Å². The number of carbonyl (C=O) groups excluding carboxylic acids is 1. The molecule has 0 radical (unpaired) electrons. The number of benzene rings is 1. The van der Waals surface area contributed by atoms with Gasteiger partial charge in [0.2, 0.25) is 0 Å². The summed E-state index contributed by atoms with van der Waals surface area (Å²) in [7, 11) is 0. The molecule has 26 heavy (non-hydrogen) atoms. The van der Waals surface area contributed by atoms with Crippen LogP contribution in [0.1, 0.15) is 6.92 Å². The van der Waals surface area contributed by atoms with E-state index in [4.69, 9.17) is 23.5 Å². The standard InChI is InChI=1S/C17H20FN5O2S/c1-12(26)20-10-14-11-23(17(24)25-14)13-3-4-16(15(18)9-13)21-5-7-22(19-2)8-6-21/h3-4,9,14H,5-8,10-11H2,1H3,(H,20,26)/t14-/m0/s1. The van der Waals surface area contributed by atoms with Crippen LogP contribution >= 0.6 is 12.2 Å². The lowest BCUT2D eigenvalue weighted by molar-refractivity contribution is 0.143. The summed E-state index contributed by atoms with van der Waals surface area (Å²) in [6.07, 6.45) is -0.818. The second-order valence-corrected chi connectivity index (χ2v) is 6.84. The highest BCUT2D eigenvalue weighted by Crippen LogP contribution is 2.28. The molecule has 2 aliphatic heterocycles. The predicted octanol–water partition coefficient (Wildman–Crippen LogP) is 2.04. The lowest BCUT2D eigenvalue weighted by atomic mass is 10.2. The molecule has 9 heteroatoms. The number of thiocarbonyl (C=S) groups is 1. The van der Waals surface area contributed by atoms with Crippen molar-refractivity contribution in [2.24, 2.45) is 0 Å². The fourth-order valence-electron chi connectivity index (χ4n) is 3.05. The van der Waals surface area contributed by atoms with Crippen LogP contribution in [0.4, 0.5) is 20.6 Å². The second-order valence-electron chi connectivity index (χ2n) is 6.23. The number of nitrogens with one attached hydrogen (secondary N) is 1. The average Bonchev–Trinajstić information content (AvgIpc) is 3.01. The predicted molar refractivity (Wildman–Crippen MR) is 101 cm³/mol. The van der Waals surface area contributed by atoms with E-state index in [0.717, 1.165) is 0 Å². The van der Waals surface area contributed by atoms with E-state index in [0.29, 0.717) is 55.6 Å². The Kier molecular flexibility index (Phi) is 5.42. The van der Waals surface area contributed by atoms with E-state index in [1.165, 1.54) is 11.0 Å². The van der Waals surface area contributed by atoms with Crippen LogP contribution in [0.3, 0.4) is 0 Å². The van der Waals surface area contributed by atoms with Gasteiger partial charge in [0.1, 0.15) is 25.0 Å². The molecular weight excluding hydrogens is 357 g/mol. The van der Waals surface area contributed by atoms with Gasteiger partial charge < -0.3 is 15.0 Å². The smallest absolute Gasteiger partial charge is 0.414 e. The van der Waals surface area contributed by atoms with Crippen LogP contribution in [0, 0.1) is 12.4 Å². The number of amides is 1. The monoisotopic (exact) mass is 377 g/mol. The number of ether oxygens (including phenoxy) is 1. The van der Waals surface area contributed by atoms with E-state index in [2.05, 4.69) is 10.3 Å². The van der Waals surface area contributed by atoms with Crippen molar-refractivity contribution in [1.82, 2.24) is 10.3 Å². The summed E-state index contributed by atoms with van der Waals surface area (Å²) in [5.41, 5.74) is 0.957. The molecule has 2 heterocycles. The van der Waals surface area contributed by atoms with Gasteiger partial charge in [-0.3, -0.25) is 4.90 Å². The normalized spacial score (nSPS) is 20.0. The number of rotatable bonds is 4. The highest BCUT2D eigenvalue weighted by molar-refractivity contribution is 7.80. The number of hydrogen-bond acceptors (Lipinski definition) is 5. The van der Waals surface area contributed by atoms with Gasteiger partial charge in [-0.05, 0) is 25.1 Å². The van der Waals surface area contributed by atoms with Gasteiger partial charge in [-0.2, -0.15) is 11.5 Å². The van der Waals surface area contributed by atoms with E-state index in [-0.39, 0.29) is 11.9 Å². The molecule has 2 saturated heterocycles. The third kappa shape index (κ3) is 3.96. The molecule has 2 fully saturated rings. The number of halogens is 1. The Bertz CT molecular complexity index is 745. The van der Waals surface area contributed by atoms with Gasteiger partial charge in [-0.15, -0.1) is 5.01 Å². The molecular formula is C17H20FN5O2S. The third-order valence-electron chi connectivity index (χ3n) is 4.43. The molecule has 7 nitrogen and oxygen atoms in total. The maximum absolute atomic E-state index is 14.6. The van der Waals surface area contributed by atoms with Crippen molar-refractivity contribution < 1.29 is 13.9 Å². The maximum Gasteiger partial charge on any atom is 0.414 e. The van der Waals surface area contributed by atoms with E-state index < -0.39 is 6.09 Å². The number of carbonyl (C=O) groups is 1. The summed E-state index contributed by atoms with van der Waals surface area (Å²) >= 11 is 4.95. The van der Waals surface area contributed by atoms with Crippen LogP contribution in [-0.2, 0) is 4.74 Å². The minimum atomic E-state index is -0.489. The van der Waals surface area contributed by atoms with E-state index >= 15 is 0 Å². The van der Waals surface area contributed by atoms with Crippen molar-refractivity contribution in [2.75, 3.05) is 49.1 Å². The minimum absolute atomic E-state index is 0.329. The first-order valence-corrected chi connectivity index (χ1v) is 8.78. The summed E-state index contributed by atoms with van der Waals surface area (Å²) in [5, 5.41) is 4.61. The summed E-state index contributed by atoms with van der Waals surface area (Å²) in [6, 6.07) is 4.76. The third-order valence-corrected chi connectivity index (χ3v) is 4.58. The van der Waals surface area contributed by atoms with Gasteiger partial charge in [0.05, 0.1) is 29.5 Å². The molecule has 0 saturated carbocycles. The highest BCUT2D eigenvalue weighted by Gasteiger charge is 2.33. The molecule has 3 rings (SSSR count). The number of cyclic esters (lactones) is 1. The molecule has 0 bridgehead atoms. The molecule has 1 aromatic rings. The molecule has 1 N–H and O–H groups in total. The molecule has 1 aromatic carbocycles. The lowest BCUT2D eigenvalue weighted by Crippen LogP contribution is -2.43. The quantitative estimate of drug-likeness (QED) is 0.640.